The minimum absolute atomic E-state index is 0.00505. The second-order valence-electron chi connectivity index (χ2n) is 6.57. The molecular formula is C14H20ClFN2O. The summed E-state index contributed by atoms with van der Waals surface area (Å²) in [4.78, 5) is 15.8. The van der Waals surface area contributed by atoms with Gasteiger partial charge >= 0.3 is 0 Å². The van der Waals surface area contributed by atoms with Crippen molar-refractivity contribution in [1.82, 2.24) is 10.3 Å². The molecule has 0 radical (unpaired) electrons. The zero-order valence-corrected chi connectivity index (χ0v) is 12.7. The summed E-state index contributed by atoms with van der Waals surface area (Å²) >= 11 is 5.81. The van der Waals surface area contributed by atoms with Gasteiger partial charge in [-0.3, -0.25) is 4.79 Å². The summed E-state index contributed by atoms with van der Waals surface area (Å²) in [5.41, 5.74) is -0.283. The van der Waals surface area contributed by atoms with Crippen LogP contribution in [0.25, 0.3) is 0 Å². The number of hydrogen-bond donors (Lipinski definition) is 1. The van der Waals surface area contributed by atoms with Gasteiger partial charge in [-0.25, -0.2) is 9.37 Å². The maximum atomic E-state index is 13.1. The molecule has 0 atom stereocenters. The SMILES string of the molecule is CC(C)(C)CC(C)(C)NC(=O)c1cc(F)cnc1Cl. The average Bonchev–Trinajstić information content (AvgIpc) is 2.16. The molecule has 3 nitrogen and oxygen atoms in total. The molecule has 0 bridgehead atoms. The van der Waals surface area contributed by atoms with Crippen molar-refractivity contribution in [2.24, 2.45) is 5.41 Å². The van der Waals surface area contributed by atoms with Crippen LogP contribution in [0, 0.1) is 11.2 Å². The first-order valence-electron chi connectivity index (χ1n) is 6.14. The molecule has 19 heavy (non-hydrogen) atoms. The molecule has 1 aromatic rings. The number of nitrogens with zero attached hydrogens (tertiary/aromatic N) is 1. The van der Waals surface area contributed by atoms with Gasteiger partial charge in [0.1, 0.15) is 11.0 Å². The van der Waals surface area contributed by atoms with Crippen LogP contribution in [0.5, 0.6) is 0 Å². The zero-order chi connectivity index (χ0) is 14.8. The van der Waals surface area contributed by atoms with Crippen LogP contribution in [0.2, 0.25) is 5.15 Å². The third kappa shape index (κ3) is 5.15. The number of carbonyl (C=O) groups excluding carboxylic acids is 1. The standard InChI is InChI=1S/C14H20ClFN2O/c1-13(2,3)8-14(4,5)18-12(19)10-6-9(16)7-17-11(10)15/h6-7H,8H2,1-5H3,(H,18,19). The quantitative estimate of drug-likeness (QED) is 0.858. The van der Waals surface area contributed by atoms with E-state index in [0.29, 0.717) is 0 Å². The van der Waals surface area contributed by atoms with E-state index in [2.05, 4.69) is 31.1 Å². The van der Waals surface area contributed by atoms with Crippen molar-refractivity contribution in [3.05, 3.63) is 28.8 Å². The fourth-order valence-electron chi connectivity index (χ4n) is 2.33. The van der Waals surface area contributed by atoms with Crippen LogP contribution < -0.4 is 5.32 Å². The molecule has 0 spiro atoms. The molecule has 1 amide bonds. The van der Waals surface area contributed by atoms with E-state index in [0.717, 1.165) is 18.7 Å². The number of hydrogen-bond acceptors (Lipinski definition) is 2. The molecular weight excluding hydrogens is 267 g/mol. The predicted molar refractivity (Wildman–Crippen MR) is 74.8 cm³/mol. The Morgan fingerprint density at radius 2 is 1.95 bits per heavy atom. The highest BCUT2D eigenvalue weighted by Gasteiger charge is 2.28. The number of aromatic nitrogens is 1. The number of carbonyl (C=O) groups is 1. The van der Waals surface area contributed by atoms with Crippen molar-refractivity contribution in [2.75, 3.05) is 0 Å². The van der Waals surface area contributed by atoms with Gasteiger partial charge < -0.3 is 5.32 Å². The van der Waals surface area contributed by atoms with Gasteiger partial charge in [-0.1, -0.05) is 32.4 Å². The number of rotatable bonds is 3. The zero-order valence-electron chi connectivity index (χ0n) is 12.0. The molecule has 0 aliphatic heterocycles. The highest BCUT2D eigenvalue weighted by atomic mass is 35.5. The highest BCUT2D eigenvalue weighted by Crippen LogP contribution is 2.27. The Hall–Kier alpha value is -1.16. The van der Waals surface area contributed by atoms with Gasteiger partial charge in [0.15, 0.2) is 0 Å². The minimum atomic E-state index is -0.580. The Morgan fingerprint density at radius 1 is 1.37 bits per heavy atom. The van der Waals surface area contributed by atoms with E-state index in [1.165, 1.54) is 0 Å². The van der Waals surface area contributed by atoms with Crippen LogP contribution in [0.4, 0.5) is 4.39 Å². The molecule has 0 unspecified atom stereocenters. The van der Waals surface area contributed by atoms with E-state index >= 15 is 0 Å². The molecule has 1 aromatic heterocycles. The fraction of sp³-hybridized carbons (Fsp3) is 0.571. The molecule has 0 aliphatic rings. The second kappa shape index (κ2) is 5.45. The van der Waals surface area contributed by atoms with E-state index in [1.807, 2.05) is 13.8 Å². The lowest BCUT2D eigenvalue weighted by Gasteiger charge is -2.33. The molecule has 0 saturated heterocycles. The van der Waals surface area contributed by atoms with Gasteiger partial charge in [0.2, 0.25) is 0 Å². The number of nitrogens with one attached hydrogen (secondary N) is 1. The van der Waals surface area contributed by atoms with Crippen LogP contribution in [0.3, 0.4) is 0 Å². The largest absolute Gasteiger partial charge is 0.347 e. The molecule has 0 saturated carbocycles. The van der Waals surface area contributed by atoms with Crippen molar-refractivity contribution < 1.29 is 9.18 Å². The van der Waals surface area contributed by atoms with Crippen molar-refractivity contribution in [3.63, 3.8) is 0 Å². The molecule has 0 aromatic carbocycles. The first-order chi connectivity index (χ1) is 8.50. The first kappa shape index (κ1) is 15.9. The van der Waals surface area contributed by atoms with Crippen LogP contribution >= 0.6 is 11.6 Å². The van der Waals surface area contributed by atoms with Gasteiger partial charge in [0.05, 0.1) is 11.8 Å². The average molecular weight is 287 g/mol. The van der Waals surface area contributed by atoms with Gasteiger partial charge in [0.25, 0.3) is 5.91 Å². The molecule has 0 aliphatic carbocycles. The fourth-order valence-corrected chi connectivity index (χ4v) is 2.52. The Bertz CT molecular complexity index is 481. The minimum Gasteiger partial charge on any atom is -0.347 e. The molecule has 1 heterocycles. The predicted octanol–water partition coefficient (Wildman–Crippen LogP) is 3.82. The normalized spacial score (nSPS) is 12.4. The summed E-state index contributed by atoms with van der Waals surface area (Å²) in [6.07, 6.45) is 1.77. The Balaban J connectivity index is 2.87. The van der Waals surface area contributed by atoms with Crippen molar-refractivity contribution >= 4 is 17.5 Å². The summed E-state index contributed by atoms with van der Waals surface area (Å²) in [5.74, 6) is -0.991. The van der Waals surface area contributed by atoms with Gasteiger partial charge in [0, 0.05) is 5.54 Å². The lowest BCUT2D eigenvalue weighted by molar-refractivity contribution is 0.0890. The molecule has 5 heteroatoms. The van der Waals surface area contributed by atoms with Crippen molar-refractivity contribution in [1.29, 1.82) is 0 Å². The van der Waals surface area contributed by atoms with Gasteiger partial charge in [-0.05, 0) is 31.7 Å². The Morgan fingerprint density at radius 3 is 2.47 bits per heavy atom. The van der Waals surface area contributed by atoms with Gasteiger partial charge in [-0.15, -0.1) is 0 Å². The summed E-state index contributed by atoms with van der Waals surface area (Å²) in [7, 11) is 0. The highest BCUT2D eigenvalue weighted by molar-refractivity contribution is 6.32. The maximum Gasteiger partial charge on any atom is 0.254 e. The summed E-state index contributed by atoms with van der Waals surface area (Å²) in [6, 6.07) is 1.10. The second-order valence-corrected chi connectivity index (χ2v) is 6.93. The summed E-state index contributed by atoms with van der Waals surface area (Å²) in [5, 5.41) is 2.87. The molecule has 0 fully saturated rings. The molecule has 1 rings (SSSR count). The molecule has 106 valence electrons. The van der Waals surface area contributed by atoms with E-state index in [-0.39, 0.29) is 16.1 Å². The smallest absolute Gasteiger partial charge is 0.254 e. The number of amides is 1. The lowest BCUT2D eigenvalue weighted by Crippen LogP contribution is -2.46. The lowest BCUT2D eigenvalue weighted by atomic mass is 9.81. The molecule has 1 N–H and O–H groups in total. The van der Waals surface area contributed by atoms with Crippen LogP contribution in [-0.2, 0) is 0 Å². The third-order valence-corrected chi connectivity index (χ3v) is 2.78. The Kier molecular flexibility index (Phi) is 4.56. The third-order valence-electron chi connectivity index (χ3n) is 2.47. The Labute approximate surface area is 118 Å². The van der Waals surface area contributed by atoms with Crippen LogP contribution in [0.1, 0.15) is 51.4 Å². The summed E-state index contributed by atoms with van der Waals surface area (Å²) in [6.45, 7) is 10.1. The van der Waals surface area contributed by atoms with Crippen molar-refractivity contribution in [3.8, 4) is 0 Å². The van der Waals surface area contributed by atoms with E-state index in [1.54, 1.807) is 0 Å². The van der Waals surface area contributed by atoms with Gasteiger partial charge in [-0.2, -0.15) is 0 Å². The van der Waals surface area contributed by atoms with Crippen LogP contribution in [-0.4, -0.2) is 16.4 Å². The van der Waals surface area contributed by atoms with Crippen LogP contribution in [0.15, 0.2) is 12.3 Å². The number of halogens is 2. The number of pyridine rings is 1. The topological polar surface area (TPSA) is 42.0 Å². The van der Waals surface area contributed by atoms with E-state index in [4.69, 9.17) is 11.6 Å². The first-order valence-corrected chi connectivity index (χ1v) is 6.51. The maximum absolute atomic E-state index is 13.1. The van der Waals surface area contributed by atoms with Crippen molar-refractivity contribution in [2.45, 2.75) is 46.6 Å². The summed E-state index contributed by atoms with van der Waals surface area (Å²) < 4.78 is 13.1. The monoisotopic (exact) mass is 286 g/mol. The van der Waals surface area contributed by atoms with E-state index < -0.39 is 17.3 Å². The van der Waals surface area contributed by atoms with E-state index in [9.17, 15) is 9.18 Å².